The fraction of sp³-hybridized carbons (Fsp3) is 0.250. The van der Waals surface area contributed by atoms with Crippen molar-refractivity contribution in [2.75, 3.05) is 12.4 Å². The zero-order valence-electron chi connectivity index (χ0n) is 10.3. The van der Waals surface area contributed by atoms with Gasteiger partial charge in [-0.3, -0.25) is 10.1 Å². The summed E-state index contributed by atoms with van der Waals surface area (Å²) >= 11 is 0. The molecular weight excluding hydrogens is 251 g/mol. The van der Waals surface area contributed by atoms with Crippen LogP contribution in [0.4, 0.5) is 10.3 Å². The zero-order valence-corrected chi connectivity index (χ0v) is 10.3. The predicted octanol–water partition coefficient (Wildman–Crippen LogP) is 1.52. The van der Waals surface area contributed by atoms with Crippen LogP contribution in [0.25, 0.3) is 0 Å². The number of rotatable bonds is 5. The van der Waals surface area contributed by atoms with E-state index in [0.717, 1.165) is 5.56 Å². The Morgan fingerprint density at radius 2 is 2.16 bits per heavy atom. The summed E-state index contributed by atoms with van der Waals surface area (Å²) in [5.74, 6) is -0.258. The third-order valence-corrected chi connectivity index (χ3v) is 2.46. The number of nitrogens with one attached hydrogen (secondary N) is 2. The number of aromatic nitrogens is 3. The number of H-pyrrole nitrogens is 1. The van der Waals surface area contributed by atoms with Gasteiger partial charge in [-0.25, -0.2) is 9.49 Å². The van der Waals surface area contributed by atoms with Crippen LogP contribution in [0.1, 0.15) is 12.0 Å². The van der Waals surface area contributed by atoms with Crippen LogP contribution in [0.15, 0.2) is 24.3 Å². The van der Waals surface area contributed by atoms with Crippen LogP contribution < -0.4 is 10.1 Å². The molecule has 1 heterocycles. The summed E-state index contributed by atoms with van der Waals surface area (Å²) in [5.41, 5.74) is 0.895. The molecule has 6 nitrogen and oxygen atoms in total. The van der Waals surface area contributed by atoms with Gasteiger partial charge in [-0.1, -0.05) is 12.1 Å². The first-order chi connectivity index (χ1) is 9.17. The Morgan fingerprint density at radius 3 is 2.79 bits per heavy atom. The molecule has 2 rings (SSSR count). The molecule has 19 heavy (non-hydrogen) atoms. The van der Waals surface area contributed by atoms with Gasteiger partial charge in [0.1, 0.15) is 5.82 Å². The molecule has 2 N–H and O–H groups in total. The minimum Gasteiger partial charge on any atom is -0.466 e. The molecule has 0 radical (unpaired) electrons. The maximum absolute atomic E-state index is 12.7. The Morgan fingerprint density at radius 1 is 1.42 bits per heavy atom. The number of aryl methyl sites for hydroxylation is 1. The van der Waals surface area contributed by atoms with E-state index in [1.54, 1.807) is 12.1 Å². The molecular formula is C12H13FN4O2. The van der Waals surface area contributed by atoms with Gasteiger partial charge in [0.25, 0.3) is 0 Å². The summed E-state index contributed by atoms with van der Waals surface area (Å²) in [7, 11) is 1.43. The number of benzene rings is 1. The lowest BCUT2D eigenvalue weighted by molar-refractivity contribution is -0.116. The number of nitrogens with zero attached hydrogens (tertiary/aromatic N) is 2. The SMILES string of the molecule is COc1n[nH]c(NC(=O)CCc2ccc(F)cc2)n1. The Kier molecular flexibility index (Phi) is 4.07. The van der Waals surface area contributed by atoms with Crippen molar-refractivity contribution in [3.8, 4) is 6.01 Å². The highest BCUT2D eigenvalue weighted by Crippen LogP contribution is 2.08. The van der Waals surface area contributed by atoms with Crippen LogP contribution in [0.3, 0.4) is 0 Å². The van der Waals surface area contributed by atoms with Gasteiger partial charge in [-0.2, -0.15) is 4.98 Å². The van der Waals surface area contributed by atoms with E-state index >= 15 is 0 Å². The minimum atomic E-state index is -0.290. The number of ether oxygens (including phenoxy) is 1. The van der Waals surface area contributed by atoms with Crippen LogP contribution in [-0.2, 0) is 11.2 Å². The van der Waals surface area contributed by atoms with Crippen LogP contribution in [0.5, 0.6) is 6.01 Å². The molecule has 0 saturated heterocycles. The first-order valence-corrected chi connectivity index (χ1v) is 5.68. The number of hydrogen-bond acceptors (Lipinski definition) is 4. The van der Waals surface area contributed by atoms with Crippen molar-refractivity contribution < 1.29 is 13.9 Å². The molecule has 0 spiro atoms. The molecule has 0 aliphatic heterocycles. The highest BCUT2D eigenvalue weighted by atomic mass is 19.1. The van der Waals surface area contributed by atoms with Crippen LogP contribution >= 0.6 is 0 Å². The summed E-state index contributed by atoms with van der Waals surface area (Å²) in [5, 5.41) is 8.78. The highest BCUT2D eigenvalue weighted by Gasteiger charge is 2.07. The quantitative estimate of drug-likeness (QED) is 0.858. The van der Waals surface area contributed by atoms with Gasteiger partial charge in [0.2, 0.25) is 11.9 Å². The normalized spacial score (nSPS) is 10.2. The molecule has 100 valence electrons. The van der Waals surface area contributed by atoms with Gasteiger partial charge in [-0.15, -0.1) is 5.10 Å². The highest BCUT2D eigenvalue weighted by molar-refractivity contribution is 5.89. The predicted molar refractivity (Wildman–Crippen MR) is 66.3 cm³/mol. The Bertz CT molecular complexity index is 553. The second-order valence-corrected chi connectivity index (χ2v) is 3.85. The number of anilines is 1. The summed E-state index contributed by atoms with van der Waals surface area (Å²) in [4.78, 5) is 15.5. The van der Waals surface area contributed by atoms with Gasteiger partial charge < -0.3 is 4.74 Å². The average molecular weight is 264 g/mol. The van der Waals surface area contributed by atoms with E-state index in [1.165, 1.54) is 19.2 Å². The van der Waals surface area contributed by atoms with Crippen molar-refractivity contribution in [2.24, 2.45) is 0 Å². The van der Waals surface area contributed by atoms with Gasteiger partial charge >= 0.3 is 6.01 Å². The summed E-state index contributed by atoms with van der Waals surface area (Å²) in [6.45, 7) is 0. The zero-order chi connectivity index (χ0) is 13.7. The fourth-order valence-electron chi connectivity index (χ4n) is 1.50. The van der Waals surface area contributed by atoms with Gasteiger partial charge in [0, 0.05) is 6.42 Å². The molecule has 1 aromatic carbocycles. The van der Waals surface area contributed by atoms with Crippen LogP contribution in [0, 0.1) is 5.82 Å². The van der Waals surface area contributed by atoms with E-state index in [1.807, 2.05) is 0 Å². The van der Waals surface area contributed by atoms with Gasteiger partial charge in [0.15, 0.2) is 0 Å². The Balaban J connectivity index is 1.82. The number of amides is 1. The molecule has 0 fully saturated rings. The lowest BCUT2D eigenvalue weighted by Gasteiger charge is -2.02. The van der Waals surface area contributed by atoms with Crippen molar-refractivity contribution in [2.45, 2.75) is 12.8 Å². The lowest BCUT2D eigenvalue weighted by Crippen LogP contribution is -2.13. The van der Waals surface area contributed by atoms with Crippen molar-refractivity contribution >= 4 is 11.9 Å². The summed E-state index contributed by atoms with van der Waals surface area (Å²) in [6.07, 6.45) is 0.798. The summed E-state index contributed by atoms with van der Waals surface area (Å²) < 4.78 is 17.5. The van der Waals surface area contributed by atoms with Gasteiger partial charge in [-0.05, 0) is 24.1 Å². The number of carbonyl (C=O) groups excluding carboxylic acids is 1. The molecule has 0 saturated carbocycles. The molecule has 1 amide bonds. The number of aromatic amines is 1. The minimum absolute atomic E-state index is 0.161. The Hall–Kier alpha value is -2.44. The molecule has 7 heteroatoms. The van der Waals surface area contributed by atoms with Crippen molar-refractivity contribution in [1.82, 2.24) is 15.2 Å². The van der Waals surface area contributed by atoms with E-state index in [2.05, 4.69) is 20.5 Å². The van der Waals surface area contributed by atoms with E-state index < -0.39 is 0 Å². The molecule has 2 aromatic rings. The lowest BCUT2D eigenvalue weighted by atomic mass is 10.1. The standard InChI is InChI=1S/C12H13FN4O2/c1-19-12-15-11(16-17-12)14-10(18)7-4-8-2-5-9(13)6-3-8/h2-3,5-6H,4,7H2,1H3,(H2,14,15,16,17,18). The second-order valence-electron chi connectivity index (χ2n) is 3.85. The van der Waals surface area contributed by atoms with E-state index in [9.17, 15) is 9.18 Å². The molecule has 0 unspecified atom stereocenters. The second kappa shape index (κ2) is 5.94. The third kappa shape index (κ3) is 3.77. The Labute approximate surface area is 109 Å². The largest absolute Gasteiger partial charge is 0.466 e. The molecule has 0 aliphatic carbocycles. The summed E-state index contributed by atoms with van der Waals surface area (Å²) in [6, 6.07) is 6.21. The average Bonchev–Trinajstić information content (AvgIpc) is 2.86. The van der Waals surface area contributed by atoms with E-state index in [-0.39, 0.29) is 30.1 Å². The van der Waals surface area contributed by atoms with Gasteiger partial charge in [0.05, 0.1) is 7.11 Å². The monoisotopic (exact) mass is 264 g/mol. The van der Waals surface area contributed by atoms with Crippen molar-refractivity contribution in [3.05, 3.63) is 35.6 Å². The van der Waals surface area contributed by atoms with Crippen LogP contribution in [-0.4, -0.2) is 28.2 Å². The smallest absolute Gasteiger partial charge is 0.336 e. The molecule has 0 atom stereocenters. The van der Waals surface area contributed by atoms with Crippen molar-refractivity contribution in [1.29, 1.82) is 0 Å². The first kappa shape index (κ1) is 13.0. The van der Waals surface area contributed by atoms with Crippen molar-refractivity contribution in [3.63, 3.8) is 0 Å². The topological polar surface area (TPSA) is 79.9 Å². The van der Waals surface area contributed by atoms with Crippen LogP contribution in [0.2, 0.25) is 0 Å². The maximum atomic E-state index is 12.7. The number of methoxy groups -OCH3 is 1. The third-order valence-electron chi connectivity index (χ3n) is 2.46. The number of halogens is 1. The fourth-order valence-corrected chi connectivity index (χ4v) is 1.50. The van der Waals surface area contributed by atoms with E-state index in [0.29, 0.717) is 6.42 Å². The first-order valence-electron chi connectivity index (χ1n) is 5.68. The van der Waals surface area contributed by atoms with E-state index in [4.69, 9.17) is 4.74 Å². The molecule has 1 aromatic heterocycles. The number of hydrogen-bond donors (Lipinski definition) is 2. The number of carbonyl (C=O) groups is 1. The maximum Gasteiger partial charge on any atom is 0.336 e. The molecule has 0 aliphatic rings. The molecule has 0 bridgehead atoms.